The van der Waals surface area contributed by atoms with E-state index in [1.54, 1.807) is 0 Å². The molecule has 1 aliphatic carbocycles. The highest BCUT2D eigenvalue weighted by atomic mass is 16.3. The lowest BCUT2D eigenvalue weighted by molar-refractivity contribution is 0.136. The largest absolute Gasteiger partial charge is 0.394 e. The Hall–Kier alpha value is -0.120. The zero-order valence-corrected chi connectivity index (χ0v) is 11.1. The second-order valence-electron chi connectivity index (χ2n) is 5.29. The number of likely N-dealkylation sites (N-methyl/N-ethyl adjacent to an activating group) is 1. The molecule has 0 aromatic heterocycles. The first-order chi connectivity index (χ1) is 7.65. The van der Waals surface area contributed by atoms with Gasteiger partial charge in [-0.05, 0) is 39.8 Å². The molecule has 1 unspecified atom stereocenters. The van der Waals surface area contributed by atoms with Gasteiger partial charge in [0, 0.05) is 18.1 Å². The first-order valence-electron chi connectivity index (χ1n) is 6.69. The van der Waals surface area contributed by atoms with E-state index in [1.165, 1.54) is 25.7 Å². The van der Waals surface area contributed by atoms with Crippen LogP contribution in [0.1, 0.15) is 46.0 Å². The van der Waals surface area contributed by atoms with E-state index in [1.807, 2.05) is 7.05 Å². The number of rotatable bonds is 7. The van der Waals surface area contributed by atoms with E-state index in [0.29, 0.717) is 0 Å². The summed E-state index contributed by atoms with van der Waals surface area (Å²) in [6.07, 6.45) is 6.53. The highest BCUT2D eigenvalue weighted by Gasteiger charge is 2.25. The predicted molar refractivity (Wildman–Crippen MR) is 68.7 cm³/mol. The summed E-state index contributed by atoms with van der Waals surface area (Å²) in [5.74, 6) is 0. The van der Waals surface area contributed by atoms with Crippen LogP contribution in [0.2, 0.25) is 0 Å². The standard InChI is InChI=1S/C13H28N2O/c1-4-15(12-7-5-6-8-12)10-9-13(2,11-16)14-3/h12,14,16H,4-11H2,1-3H3. The van der Waals surface area contributed by atoms with Crippen LogP contribution in [0.15, 0.2) is 0 Å². The van der Waals surface area contributed by atoms with Gasteiger partial charge in [-0.1, -0.05) is 19.8 Å². The normalized spacial score (nSPS) is 21.6. The summed E-state index contributed by atoms with van der Waals surface area (Å²) < 4.78 is 0. The van der Waals surface area contributed by atoms with Gasteiger partial charge in [0.25, 0.3) is 0 Å². The van der Waals surface area contributed by atoms with E-state index >= 15 is 0 Å². The molecule has 0 radical (unpaired) electrons. The van der Waals surface area contributed by atoms with E-state index in [2.05, 4.69) is 24.1 Å². The average Bonchev–Trinajstić information content (AvgIpc) is 2.83. The molecule has 0 aromatic rings. The van der Waals surface area contributed by atoms with E-state index in [0.717, 1.165) is 25.6 Å². The Labute approximate surface area is 100 Å². The van der Waals surface area contributed by atoms with Crippen molar-refractivity contribution in [3.63, 3.8) is 0 Å². The molecule has 0 amide bonds. The minimum atomic E-state index is -0.119. The Morgan fingerprint density at radius 2 is 2.00 bits per heavy atom. The van der Waals surface area contributed by atoms with Gasteiger partial charge in [0.2, 0.25) is 0 Å². The first kappa shape index (κ1) is 13.9. The molecule has 1 aliphatic rings. The average molecular weight is 228 g/mol. The van der Waals surface area contributed by atoms with Gasteiger partial charge in [-0.25, -0.2) is 0 Å². The van der Waals surface area contributed by atoms with Gasteiger partial charge >= 0.3 is 0 Å². The van der Waals surface area contributed by atoms with Crippen molar-refractivity contribution in [1.82, 2.24) is 10.2 Å². The highest BCUT2D eigenvalue weighted by Crippen LogP contribution is 2.24. The Morgan fingerprint density at radius 3 is 2.44 bits per heavy atom. The number of aliphatic hydroxyl groups excluding tert-OH is 1. The molecule has 0 bridgehead atoms. The minimum absolute atomic E-state index is 0.119. The molecule has 16 heavy (non-hydrogen) atoms. The zero-order valence-electron chi connectivity index (χ0n) is 11.1. The van der Waals surface area contributed by atoms with E-state index in [9.17, 15) is 5.11 Å². The van der Waals surface area contributed by atoms with Gasteiger partial charge in [0.1, 0.15) is 0 Å². The van der Waals surface area contributed by atoms with Crippen molar-refractivity contribution < 1.29 is 5.11 Å². The molecule has 1 atom stereocenters. The van der Waals surface area contributed by atoms with E-state index in [-0.39, 0.29) is 12.1 Å². The summed E-state index contributed by atoms with van der Waals surface area (Å²) >= 11 is 0. The topological polar surface area (TPSA) is 35.5 Å². The molecule has 3 heteroatoms. The zero-order chi connectivity index (χ0) is 12.0. The molecule has 1 saturated carbocycles. The fraction of sp³-hybridized carbons (Fsp3) is 1.00. The quantitative estimate of drug-likeness (QED) is 0.695. The van der Waals surface area contributed by atoms with Crippen molar-refractivity contribution in [2.75, 3.05) is 26.7 Å². The lowest BCUT2D eigenvalue weighted by Crippen LogP contribution is -2.47. The van der Waals surface area contributed by atoms with Crippen LogP contribution in [-0.2, 0) is 0 Å². The van der Waals surface area contributed by atoms with Gasteiger partial charge in [0.05, 0.1) is 6.61 Å². The van der Waals surface area contributed by atoms with Crippen LogP contribution in [-0.4, -0.2) is 48.3 Å². The first-order valence-corrected chi connectivity index (χ1v) is 6.69. The Bertz CT molecular complexity index is 186. The van der Waals surface area contributed by atoms with Crippen LogP contribution in [0.3, 0.4) is 0 Å². The third-order valence-corrected chi connectivity index (χ3v) is 4.15. The van der Waals surface area contributed by atoms with Crippen LogP contribution in [0.5, 0.6) is 0 Å². The molecule has 3 nitrogen and oxygen atoms in total. The van der Waals surface area contributed by atoms with Gasteiger partial charge in [0.15, 0.2) is 0 Å². The molecular formula is C13H28N2O. The van der Waals surface area contributed by atoms with Gasteiger partial charge in [-0.15, -0.1) is 0 Å². The molecule has 2 N–H and O–H groups in total. The number of nitrogens with zero attached hydrogens (tertiary/aromatic N) is 1. The highest BCUT2D eigenvalue weighted by molar-refractivity contribution is 4.84. The van der Waals surface area contributed by atoms with Crippen LogP contribution in [0.4, 0.5) is 0 Å². The van der Waals surface area contributed by atoms with E-state index < -0.39 is 0 Å². The molecule has 0 heterocycles. The number of hydrogen-bond acceptors (Lipinski definition) is 3. The maximum absolute atomic E-state index is 9.36. The third kappa shape index (κ3) is 3.72. The van der Waals surface area contributed by atoms with Crippen molar-refractivity contribution >= 4 is 0 Å². The smallest absolute Gasteiger partial charge is 0.0610 e. The molecule has 1 rings (SSSR count). The van der Waals surface area contributed by atoms with Crippen molar-refractivity contribution in [1.29, 1.82) is 0 Å². The molecule has 0 spiro atoms. The second-order valence-corrected chi connectivity index (χ2v) is 5.29. The fourth-order valence-corrected chi connectivity index (χ4v) is 2.54. The predicted octanol–water partition coefficient (Wildman–Crippen LogP) is 1.61. The molecule has 0 aliphatic heterocycles. The summed E-state index contributed by atoms with van der Waals surface area (Å²) in [6, 6.07) is 0.796. The van der Waals surface area contributed by atoms with Crippen molar-refractivity contribution in [2.45, 2.75) is 57.5 Å². The summed E-state index contributed by atoms with van der Waals surface area (Å²) in [7, 11) is 1.93. The summed E-state index contributed by atoms with van der Waals surface area (Å²) in [5, 5.41) is 12.6. The van der Waals surface area contributed by atoms with Crippen LogP contribution in [0.25, 0.3) is 0 Å². The summed E-state index contributed by atoms with van der Waals surface area (Å²) in [5.41, 5.74) is -0.119. The molecule has 96 valence electrons. The van der Waals surface area contributed by atoms with Crippen molar-refractivity contribution in [2.24, 2.45) is 0 Å². The lowest BCUT2D eigenvalue weighted by Gasteiger charge is -2.33. The van der Waals surface area contributed by atoms with Gasteiger partial charge in [-0.2, -0.15) is 0 Å². The number of hydrogen-bond donors (Lipinski definition) is 2. The van der Waals surface area contributed by atoms with Crippen LogP contribution in [0, 0.1) is 0 Å². The molecule has 0 saturated heterocycles. The van der Waals surface area contributed by atoms with Crippen LogP contribution < -0.4 is 5.32 Å². The minimum Gasteiger partial charge on any atom is -0.394 e. The maximum Gasteiger partial charge on any atom is 0.0610 e. The number of nitrogens with one attached hydrogen (secondary N) is 1. The van der Waals surface area contributed by atoms with Gasteiger partial charge < -0.3 is 15.3 Å². The Kier molecular flexibility index (Phi) is 5.73. The third-order valence-electron chi connectivity index (χ3n) is 4.15. The van der Waals surface area contributed by atoms with Gasteiger partial charge in [-0.3, -0.25) is 0 Å². The maximum atomic E-state index is 9.36. The van der Waals surface area contributed by atoms with Crippen molar-refractivity contribution in [3.8, 4) is 0 Å². The van der Waals surface area contributed by atoms with Crippen molar-refractivity contribution in [3.05, 3.63) is 0 Å². The molecular weight excluding hydrogens is 200 g/mol. The monoisotopic (exact) mass is 228 g/mol. The Morgan fingerprint density at radius 1 is 1.38 bits per heavy atom. The fourth-order valence-electron chi connectivity index (χ4n) is 2.54. The van der Waals surface area contributed by atoms with Crippen LogP contribution >= 0.6 is 0 Å². The Balaban J connectivity index is 2.38. The van der Waals surface area contributed by atoms with E-state index in [4.69, 9.17) is 0 Å². The SMILES string of the molecule is CCN(CCC(C)(CO)NC)C1CCCC1. The molecule has 0 aromatic carbocycles. The summed E-state index contributed by atoms with van der Waals surface area (Å²) in [4.78, 5) is 2.58. The summed E-state index contributed by atoms with van der Waals surface area (Å²) in [6.45, 7) is 6.78. The molecule has 1 fully saturated rings. The number of aliphatic hydroxyl groups is 1. The lowest BCUT2D eigenvalue weighted by atomic mass is 9.98. The second kappa shape index (κ2) is 6.58.